The van der Waals surface area contributed by atoms with E-state index in [1.54, 1.807) is 13.2 Å². The SMILES string of the molecule is CC1=NN(c2ccc([N+](=O)[O-])cc2)C(=O)C1[N+](=O)[O-].COc1cc2c(cc1O)C[C@@H]1NCCc3cc(O)c(OC)c-2c31. The van der Waals surface area contributed by atoms with E-state index in [0.717, 1.165) is 46.6 Å². The Morgan fingerprint density at radius 3 is 2.31 bits per heavy atom. The van der Waals surface area contributed by atoms with Crippen molar-refractivity contribution in [1.29, 1.82) is 0 Å². The van der Waals surface area contributed by atoms with Gasteiger partial charge in [-0.25, -0.2) is 0 Å². The molecule has 2 atom stereocenters. The van der Waals surface area contributed by atoms with Crippen LogP contribution in [-0.4, -0.2) is 58.5 Å². The Balaban J connectivity index is 0.000000172. The van der Waals surface area contributed by atoms with Crippen LogP contribution in [0, 0.1) is 20.2 Å². The van der Waals surface area contributed by atoms with Gasteiger partial charge in [0.15, 0.2) is 23.0 Å². The van der Waals surface area contributed by atoms with Crippen molar-refractivity contribution < 1.29 is 34.3 Å². The average Bonchev–Trinajstić information content (AvgIpc) is 3.26. The lowest BCUT2D eigenvalue weighted by atomic mass is 9.77. The van der Waals surface area contributed by atoms with E-state index < -0.39 is 21.8 Å². The molecule has 6 rings (SSSR count). The first-order chi connectivity index (χ1) is 20.0. The number of nitro benzene ring substituents is 1. The molecule has 42 heavy (non-hydrogen) atoms. The maximum absolute atomic E-state index is 11.8. The van der Waals surface area contributed by atoms with Crippen LogP contribution in [-0.2, 0) is 17.6 Å². The fourth-order valence-corrected chi connectivity index (χ4v) is 5.55. The van der Waals surface area contributed by atoms with Gasteiger partial charge in [-0.15, -0.1) is 0 Å². The van der Waals surface area contributed by atoms with E-state index in [2.05, 4.69) is 10.4 Å². The molecule has 1 amide bonds. The molecular formula is C28H27N5O9. The van der Waals surface area contributed by atoms with Crippen LogP contribution < -0.4 is 19.8 Å². The maximum Gasteiger partial charge on any atom is 0.331 e. The standard InChI is InChI=1S/C18H19NO4.C10H8N4O5/c1-22-15-8-11-10(7-13(15)20)5-12-16-9(3-4-19-12)6-14(21)18(23-2)17(11)16;1-6-9(14(18)19)10(15)12(11-6)7-2-4-8(5-3-7)13(16)17/h6-8,12,19-21H,3-5H2,1-2H3;2-5,9H,1H3/t12-;/m0./s1. The quantitative estimate of drug-likeness (QED) is 0.299. The van der Waals surface area contributed by atoms with E-state index in [1.165, 1.54) is 43.9 Å². The first-order valence-corrected chi connectivity index (χ1v) is 12.9. The van der Waals surface area contributed by atoms with E-state index in [9.17, 15) is 35.2 Å². The number of hydrogen-bond donors (Lipinski definition) is 3. The predicted octanol–water partition coefficient (Wildman–Crippen LogP) is 3.49. The summed E-state index contributed by atoms with van der Waals surface area (Å²) in [6.45, 7) is 2.26. The van der Waals surface area contributed by atoms with Gasteiger partial charge in [-0.3, -0.25) is 25.0 Å². The van der Waals surface area contributed by atoms with Gasteiger partial charge in [0.1, 0.15) is 5.71 Å². The number of phenols is 2. The minimum Gasteiger partial charge on any atom is -0.504 e. The molecule has 0 saturated carbocycles. The molecule has 0 spiro atoms. The van der Waals surface area contributed by atoms with Crippen LogP contribution in [0.2, 0.25) is 0 Å². The van der Waals surface area contributed by atoms with Gasteiger partial charge in [-0.1, -0.05) is 0 Å². The highest BCUT2D eigenvalue weighted by molar-refractivity contribution is 6.17. The lowest BCUT2D eigenvalue weighted by Gasteiger charge is -2.35. The number of non-ortho nitro benzene ring substituents is 1. The average molecular weight is 578 g/mol. The lowest BCUT2D eigenvalue weighted by molar-refractivity contribution is -0.488. The van der Waals surface area contributed by atoms with Crippen molar-refractivity contribution in [3.8, 4) is 34.1 Å². The number of hydrazone groups is 1. The number of nitrogens with zero attached hydrogens (tertiary/aromatic N) is 4. The molecule has 3 N–H and O–H groups in total. The zero-order chi connectivity index (χ0) is 30.3. The second-order valence-electron chi connectivity index (χ2n) is 9.87. The molecule has 3 aromatic rings. The Morgan fingerprint density at radius 2 is 1.71 bits per heavy atom. The Kier molecular flexibility index (Phi) is 7.39. The molecule has 14 heteroatoms. The van der Waals surface area contributed by atoms with Crippen molar-refractivity contribution in [2.75, 3.05) is 25.8 Å². The van der Waals surface area contributed by atoms with Crippen molar-refractivity contribution in [1.82, 2.24) is 5.32 Å². The fraction of sp³-hybridized carbons (Fsp3) is 0.286. The highest BCUT2D eigenvalue weighted by Gasteiger charge is 2.43. The first-order valence-electron chi connectivity index (χ1n) is 12.9. The summed E-state index contributed by atoms with van der Waals surface area (Å²) in [7, 11) is 3.10. The number of nitrogens with one attached hydrogen (secondary N) is 1. The van der Waals surface area contributed by atoms with Gasteiger partial charge in [-0.05, 0) is 78.9 Å². The number of methoxy groups -OCH3 is 2. The number of nitro groups is 2. The first kappa shape index (κ1) is 28.3. The molecule has 14 nitrogen and oxygen atoms in total. The molecule has 2 heterocycles. The lowest BCUT2D eigenvalue weighted by Crippen LogP contribution is -2.37. The summed E-state index contributed by atoms with van der Waals surface area (Å²) in [4.78, 5) is 31.7. The molecule has 0 radical (unpaired) electrons. The number of anilines is 1. The van der Waals surface area contributed by atoms with Crippen molar-refractivity contribution in [2.24, 2.45) is 5.10 Å². The molecule has 3 aromatic carbocycles. The molecule has 0 fully saturated rings. The predicted molar refractivity (Wildman–Crippen MR) is 151 cm³/mol. The highest BCUT2D eigenvalue weighted by atomic mass is 16.6. The van der Waals surface area contributed by atoms with Crippen LogP contribution >= 0.6 is 0 Å². The number of phenolic OH excluding ortho intramolecular Hbond substituents is 2. The number of rotatable bonds is 5. The smallest absolute Gasteiger partial charge is 0.331 e. The summed E-state index contributed by atoms with van der Waals surface area (Å²) < 4.78 is 10.8. The monoisotopic (exact) mass is 577 g/mol. The van der Waals surface area contributed by atoms with Gasteiger partial charge in [0, 0.05) is 28.7 Å². The molecule has 1 unspecified atom stereocenters. The Bertz CT molecular complexity index is 1640. The molecule has 0 saturated heterocycles. The van der Waals surface area contributed by atoms with Crippen molar-refractivity contribution >= 4 is 23.0 Å². The third kappa shape index (κ3) is 4.81. The summed E-state index contributed by atoms with van der Waals surface area (Å²) in [5.74, 6) is 0.402. The van der Waals surface area contributed by atoms with E-state index >= 15 is 0 Å². The van der Waals surface area contributed by atoms with Gasteiger partial charge in [0.25, 0.3) is 5.69 Å². The summed E-state index contributed by atoms with van der Waals surface area (Å²) in [5.41, 5.74) is 5.40. The van der Waals surface area contributed by atoms with Gasteiger partial charge >= 0.3 is 11.9 Å². The summed E-state index contributed by atoms with van der Waals surface area (Å²) in [6, 6.07) is 9.10. The van der Waals surface area contributed by atoms with E-state index in [-0.39, 0.29) is 34.6 Å². The molecule has 1 aliphatic carbocycles. The third-order valence-corrected chi connectivity index (χ3v) is 7.43. The van der Waals surface area contributed by atoms with E-state index in [0.29, 0.717) is 11.5 Å². The van der Waals surface area contributed by atoms with Crippen LogP contribution in [0.1, 0.15) is 29.7 Å². The number of carbonyl (C=O) groups excluding carboxylic acids is 1. The Labute approximate surface area is 239 Å². The second-order valence-corrected chi connectivity index (χ2v) is 9.87. The maximum atomic E-state index is 11.8. The number of fused-ring (bicyclic) bond motifs is 2. The summed E-state index contributed by atoms with van der Waals surface area (Å²) in [5, 5.41) is 49.9. The number of carbonyl (C=O) groups is 1. The number of benzene rings is 3. The van der Waals surface area contributed by atoms with Crippen LogP contribution in [0.4, 0.5) is 11.4 Å². The second kappa shape index (κ2) is 11.0. The topological polar surface area (TPSA) is 190 Å². The number of aromatic hydroxyl groups is 2. The van der Waals surface area contributed by atoms with E-state index in [4.69, 9.17) is 9.47 Å². The largest absolute Gasteiger partial charge is 0.504 e. The van der Waals surface area contributed by atoms with Crippen LogP contribution in [0.15, 0.2) is 47.6 Å². The summed E-state index contributed by atoms with van der Waals surface area (Å²) in [6.07, 6.45) is 1.67. The minimum atomic E-state index is -1.49. The zero-order valence-electron chi connectivity index (χ0n) is 22.9. The van der Waals surface area contributed by atoms with Gasteiger partial charge in [0.2, 0.25) is 0 Å². The van der Waals surface area contributed by atoms with E-state index in [1.807, 2.05) is 12.1 Å². The number of hydrogen-bond acceptors (Lipinski definition) is 11. The summed E-state index contributed by atoms with van der Waals surface area (Å²) >= 11 is 0. The van der Waals surface area contributed by atoms with Crippen molar-refractivity contribution in [2.45, 2.75) is 31.8 Å². The van der Waals surface area contributed by atoms with Gasteiger partial charge in [0.05, 0.1) is 24.8 Å². The van der Waals surface area contributed by atoms with Crippen LogP contribution in [0.25, 0.3) is 11.1 Å². The molecule has 3 aliphatic rings. The third-order valence-electron chi connectivity index (χ3n) is 7.43. The molecule has 0 aromatic heterocycles. The number of ether oxygens (including phenoxy) is 2. The van der Waals surface area contributed by atoms with Gasteiger partial charge < -0.3 is 25.0 Å². The fourth-order valence-electron chi connectivity index (χ4n) is 5.55. The Morgan fingerprint density at radius 1 is 1.02 bits per heavy atom. The van der Waals surface area contributed by atoms with Crippen molar-refractivity contribution in [3.63, 3.8) is 0 Å². The zero-order valence-corrected chi connectivity index (χ0v) is 22.9. The normalized spacial score (nSPS) is 18.2. The molecule has 2 aliphatic heterocycles. The number of amides is 1. The van der Waals surface area contributed by atoms with Crippen LogP contribution in [0.3, 0.4) is 0 Å². The molecular weight excluding hydrogens is 550 g/mol. The molecule has 0 bridgehead atoms. The Hall–Kier alpha value is -5.24. The van der Waals surface area contributed by atoms with Gasteiger partial charge in [-0.2, -0.15) is 10.1 Å². The van der Waals surface area contributed by atoms with Crippen LogP contribution in [0.5, 0.6) is 23.0 Å². The minimum absolute atomic E-state index is 0.0772. The highest BCUT2D eigenvalue weighted by Crippen LogP contribution is 2.52. The molecule has 218 valence electrons. The van der Waals surface area contributed by atoms with Crippen molar-refractivity contribution in [3.05, 3.63) is 79.4 Å².